The number of nitrogens with one attached hydrogen (secondary N) is 1. The summed E-state index contributed by atoms with van der Waals surface area (Å²) >= 11 is 0. The van der Waals surface area contributed by atoms with Crippen LogP contribution in [-0.2, 0) is 27.3 Å². The zero-order chi connectivity index (χ0) is 24.8. The van der Waals surface area contributed by atoms with Crippen molar-refractivity contribution in [2.45, 2.75) is 64.4 Å². The Morgan fingerprint density at radius 1 is 1.00 bits per heavy atom. The summed E-state index contributed by atoms with van der Waals surface area (Å²) in [6.07, 6.45) is 1.65. The van der Waals surface area contributed by atoms with Crippen LogP contribution in [0.4, 0.5) is 4.79 Å². The van der Waals surface area contributed by atoms with Crippen molar-refractivity contribution in [3.63, 3.8) is 0 Å². The fourth-order valence-corrected chi connectivity index (χ4v) is 4.62. The van der Waals surface area contributed by atoms with Crippen LogP contribution in [0.2, 0.25) is 0 Å². The molecule has 0 aliphatic carbocycles. The zero-order valence-electron chi connectivity index (χ0n) is 20.9. The van der Waals surface area contributed by atoms with Crippen molar-refractivity contribution in [3.8, 4) is 5.75 Å². The van der Waals surface area contributed by atoms with Crippen LogP contribution >= 0.6 is 0 Å². The first-order valence-electron chi connectivity index (χ1n) is 12.4. The van der Waals surface area contributed by atoms with Gasteiger partial charge in [-0.3, -0.25) is 4.90 Å². The molecule has 2 atom stereocenters. The summed E-state index contributed by atoms with van der Waals surface area (Å²) in [5, 5.41) is 2.74. The third kappa shape index (κ3) is 7.46. The number of carbonyl (C=O) groups excluding carboxylic acids is 2. The minimum absolute atomic E-state index is 0.123. The minimum Gasteiger partial charge on any atom is -0.489 e. The second-order valence-corrected chi connectivity index (χ2v) is 10.4. The number of fused-ring (bicyclic) bond motifs is 3. The van der Waals surface area contributed by atoms with Gasteiger partial charge in [0.15, 0.2) is 0 Å². The van der Waals surface area contributed by atoms with Crippen molar-refractivity contribution in [2.24, 2.45) is 5.92 Å². The molecule has 0 radical (unpaired) electrons. The van der Waals surface area contributed by atoms with Gasteiger partial charge >= 0.3 is 12.1 Å². The van der Waals surface area contributed by atoms with Crippen LogP contribution in [0.15, 0.2) is 54.6 Å². The summed E-state index contributed by atoms with van der Waals surface area (Å²) in [6.45, 7) is 8.76. The number of carbonyl (C=O) groups is 2. The van der Waals surface area contributed by atoms with Gasteiger partial charge in [0.25, 0.3) is 0 Å². The van der Waals surface area contributed by atoms with Gasteiger partial charge in [0.2, 0.25) is 0 Å². The molecule has 0 saturated carbocycles. The Bertz CT molecular complexity index is 979. The van der Waals surface area contributed by atoms with E-state index in [1.165, 1.54) is 0 Å². The van der Waals surface area contributed by atoms with Crippen LogP contribution in [0.25, 0.3) is 0 Å². The third-order valence-electron chi connectivity index (χ3n) is 6.45. The van der Waals surface area contributed by atoms with Gasteiger partial charge < -0.3 is 19.5 Å². The lowest BCUT2D eigenvalue weighted by atomic mass is 9.86. The minimum atomic E-state index is -0.837. The van der Waals surface area contributed by atoms with Gasteiger partial charge in [-0.25, -0.2) is 9.59 Å². The molecule has 3 aliphatic rings. The summed E-state index contributed by atoms with van der Waals surface area (Å²) in [5.41, 5.74) is 1.32. The van der Waals surface area contributed by atoms with Crippen molar-refractivity contribution in [1.29, 1.82) is 0 Å². The molecule has 1 N–H and O–H groups in total. The normalized spacial score (nSPS) is 22.2. The Balaban J connectivity index is 1.39. The molecule has 1 amide bonds. The molecule has 3 fully saturated rings. The molecule has 0 unspecified atom stereocenters. The quantitative estimate of drug-likeness (QED) is 0.567. The second-order valence-electron chi connectivity index (χ2n) is 10.4. The number of esters is 1. The van der Waals surface area contributed by atoms with Crippen LogP contribution in [0.3, 0.4) is 0 Å². The lowest BCUT2D eigenvalue weighted by Crippen LogP contribution is -2.54. The molecule has 2 bridgehead atoms. The van der Waals surface area contributed by atoms with Crippen molar-refractivity contribution < 1.29 is 23.8 Å². The van der Waals surface area contributed by atoms with Gasteiger partial charge in [-0.2, -0.15) is 0 Å². The number of amides is 1. The molecule has 2 aromatic carbocycles. The van der Waals surface area contributed by atoms with Gasteiger partial charge in [0, 0.05) is 13.0 Å². The van der Waals surface area contributed by atoms with E-state index in [4.69, 9.17) is 14.2 Å². The van der Waals surface area contributed by atoms with Crippen LogP contribution in [0.1, 0.15) is 44.7 Å². The smallest absolute Gasteiger partial charge is 0.408 e. The summed E-state index contributed by atoms with van der Waals surface area (Å²) in [7, 11) is 0. The third-order valence-corrected chi connectivity index (χ3v) is 6.45. The number of nitrogens with zero attached hydrogens (tertiary/aromatic N) is 1. The zero-order valence-corrected chi connectivity index (χ0v) is 20.9. The highest BCUT2D eigenvalue weighted by Crippen LogP contribution is 2.30. The van der Waals surface area contributed by atoms with E-state index in [0.29, 0.717) is 18.9 Å². The average molecular weight is 481 g/mol. The molecule has 5 rings (SSSR count). The van der Waals surface area contributed by atoms with E-state index in [9.17, 15) is 9.59 Å². The van der Waals surface area contributed by atoms with E-state index in [0.717, 1.165) is 49.4 Å². The van der Waals surface area contributed by atoms with Crippen molar-refractivity contribution >= 4 is 12.1 Å². The molecule has 3 aliphatic heterocycles. The number of ether oxygens (including phenoxy) is 3. The Hall–Kier alpha value is -3.06. The number of hydrogen-bond acceptors (Lipinski definition) is 6. The van der Waals surface area contributed by atoms with Crippen LogP contribution in [0, 0.1) is 5.92 Å². The number of alkyl carbamates (subject to hydrolysis) is 1. The Kier molecular flexibility index (Phi) is 7.96. The van der Waals surface area contributed by atoms with Crippen LogP contribution in [0.5, 0.6) is 5.75 Å². The first kappa shape index (κ1) is 25.0. The fraction of sp³-hybridized carbons (Fsp3) is 0.500. The molecular weight excluding hydrogens is 444 g/mol. The van der Waals surface area contributed by atoms with Gasteiger partial charge in [-0.05, 0) is 75.9 Å². The molecule has 35 heavy (non-hydrogen) atoms. The largest absolute Gasteiger partial charge is 0.489 e. The highest BCUT2D eigenvalue weighted by Gasteiger charge is 2.38. The van der Waals surface area contributed by atoms with E-state index in [1.807, 2.05) is 54.6 Å². The van der Waals surface area contributed by atoms with E-state index in [2.05, 4.69) is 10.2 Å². The van der Waals surface area contributed by atoms with Gasteiger partial charge in [-0.1, -0.05) is 42.5 Å². The summed E-state index contributed by atoms with van der Waals surface area (Å²) in [5.74, 6) is 0.718. The Labute approximate surface area is 207 Å². The lowest BCUT2D eigenvalue weighted by Gasteiger charge is -2.44. The number of piperidine rings is 3. The van der Waals surface area contributed by atoms with Gasteiger partial charge in [0.05, 0.1) is 0 Å². The van der Waals surface area contributed by atoms with Crippen molar-refractivity contribution in [3.05, 3.63) is 65.7 Å². The van der Waals surface area contributed by atoms with E-state index >= 15 is 0 Å². The molecule has 0 aromatic heterocycles. The first-order chi connectivity index (χ1) is 16.7. The van der Waals surface area contributed by atoms with Crippen molar-refractivity contribution in [2.75, 3.05) is 19.6 Å². The molecule has 188 valence electrons. The van der Waals surface area contributed by atoms with Gasteiger partial charge in [0.1, 0.15) is 30.1 Å². The maximum atomic E-state index is 13.2. The summed E-state index contributed by atoms with van der Waals surface area (Å²) in [6, 6.07) is 16.7. The number of hydrogen-bond donors (Lipinski definition) is 1. The monoisotopic (exact) mass is 480 g/mol. The molecule has 2 aromatic rings. The van der Waals surface area contributed by atoms with Gasteiger partial charge in [-0.15, -0.1) is 0 Å². The van der Waals surface area contributed by atoms with E-state index in [-0.39, 0.29) is 6.10 Å². The Morgan fingerprint density at radius 3 is 2.29 bits per heavy atom. The maximum Gasteiger partial charge on any atom is 0.408 e. The van der Waals surface area contributed by atoms with Crippen LogP contribution < -0.4 is 10.1 Å². The number of benzene rings is 2. The molecule has 3 saturated heterocycles. The average Bonchev–Trinajstić information content (AvgIpc) is 2.83. The first-order valence-corrected chi connectivity index (χ1v) is 12.4. The summed E-state index contributed by atoms with van der Waals surface area (Å²) in [4.78, 5) is 28.0. The summed E-state index contributed by atoms with van der Waals surface area (Å²) < 4.78 is 17.2. The molecular formula is C28H36N2O5. The molecule has 7 heteroatoms. The SMILES string of the molecule is CC(C)(C)OC(=O)N[C@@H](Cc1ccc(OCc2ccccc2)cc1)C(=O)O[C@H]1CN2CCC1CC2. The Morgan fingerprint density at radius 2 is 1.69 bits per heavy atom. The van der Waals surface area contributed by atoms with E-state index < -0.39 is 23.7 Å². The van der Waals surface area contributed by atoms with Crippen LogP contribution in [-0.4, -0.2) is 54.3 Å². The molecule has 0 spiro atoms. The highest BCUT2D eigenvalue weighted by atomic mass is 16.6. The predicted octanol–water partition coefficient (Wildman–Crippen LogP) is 4.34. The van der Waals surface area contributed by atoms with E-state index in [1.54, 1.807) is 20.8 Å². The predicted molar refractivity (Wildman–Crippen MR) is 133 cm³/mol. The highest BCUT2D eigenvalue weighted by molar-refractivity contribution is 5.82. The second kappa shape index (κ2) is 11.1. The number of rotatable bonds is 8. The van der Waals surface area contributed by atoms with Crippen molar-refractivity contribution in [1.82, 2.24) is 10.2 Å². The molecule has 3 heterocycles. The topological polar surface area (TPSA) is 77.1 Å². The standard InChI is InChI=1S/C28H36N2O5/c1-28(2,3)35-27(32)29-24(26(31)34-25-18-30-15-13-22(25)14-16-30)17-20-9-11-23(12-10-20)33-19-21-7-5-4-6-8-21/h4-12,22,24-25H,13-19H2,1-3H3,(H,29,32)/t24-,25-/m0/s1. The molecule has 7 nitrogen and oxygen atoms in total. The maximum absolute atomic E-state index is 13.2. The lowest BCUT2D eigenvalue weighted by molar-refractivity contribution is -0.161. The fourth-order valence-electron chi connectivity index (χ4n) is 4.62.